The Morgan fingerprint density at radius 1 is 1.25 bits per heavy atom. The van der Waals surface area contributed by atoms with Crippen molar-refractivity contribution in [3.05, 3.63) is 56.5 Å². The first kappa shape index (κ1) is 18.9. The second-order valence-electron chi connectivity index (χ2n) is 6.84. The number of fused-ring (bicyclic) bond motifs is 1. The van der Waals surface area contributed by atoms with Crippen LogP contribution in [0, 0.1) is 16.0 Å². The predicted molar refractivity (Wildman–Crippen MR) is 107 cm³/mol. The molecule has 1 amide bonds. The van der Waals surface area contributed by atoms with E-state index in [1.807, 2.05) is 0 Å². The van der Waals surface area contributed by atoms with Gasteiger partial charge in [-0.15, -0.1) is 0 Å². The molecule has 10 heteroatoms. The molecule has 0 saturated heterocycles. The first-order chi connectivity index (χ1) is 13.3. The summed E-state index contributed by atoms with van der Waals surface area (Å²) in [4.78, 5) is 24.5. The topological polar surface area (TPSA) is 110 Å². The number of nitrogens with one attached hydrogen (secondary N) is 1. The zero-order valence-corrected chi connectivity index (χ0v) is 17.0. The van der Waals surface area contributed by atoms with Crippen LogP contribution in [-0.4, -0.2) is 25.8 Å². The number of carbonyl (C=O) groups is 1. The molecule has 0 atom stereocenters. The molecule has 8 nitrogen and oxygen atoms in total. The zero-order valence-electron chi connectivity index (χ0n) is 14.6. The number of amides is 1. The van der Waals surface area contributed by atoms with Crippen molar-refractivity contribution in [1.82, 2.24) is 0 Å². The van der Waals surface area contributed by atoms with Crippen LogP contribution in [0.5, 0.6) is 0 Å². The van der Waals surface area contributed by atoms with Crippen molar-refractivity contribution >= 4 is 48.9 Å². The van der Waals surface area contributed by atoms with Crippen LogP contribution in [0.4, 0.5) is 17.1 Å². The SMILES string of the molecule is O=C(C1CC1)N1CCc2cc(Br)c(S(=O)(=O)Nc3cccc([N+](=O)[O-])c3)cc21. The molecular weight excluding hydrogens is 450 g/mol. The van der Waals surface area contributed by atoms with E-state index in [1.54, 1.807) is 11.0 Å². The van der Waals surface area contributed by atoms with Crippen LogP contribution in [0.1, 0.15) is 18.4 Å². The van der Waals surface area contributed by atoms with Crippen LogP contribution in [0.2, 0.25) is 0 Å². The summed E-state index contributed by atoms with van der Waals surface area (Å²) in [6, 6.07) is 8.49. The second kappa shape index (κ2) is 6.85. The fourth-order valence-corrected chi connectivity index (χ4v) is 5.43. The molecular formula is C18H16BrN3O5S. The molecule has 2 aromatic rings. The molecule has 0 aromatic heterocycles. The van der Waals surface area contributed by atoms with Gasteiger partial charge in [0.25, 0.3) is 15.7 Å². The van der Waals surface area contributed by atoms with Crippen molar-refractivity contribution in [3.63, 3.8) is 0 Å². The number of non-ortho nitro benzene ring substituents is 1. The molecule has 146 valence electrons. The van der Waals surface area contributed by atoms with Gasteiger partial charge >= 0.3 is 0 Å². The Bertz CT molecular complexity index is 1100. The van der Waals surface area contributed by atoms with Gasteiger partial charge in [0.1, 0.15) is 4.90 Å². The number of nitro groups is 1. The van der Waals surface area contributed by atoms with Gasteiger partial charge in [-0.1, -0.05) is 6.07 Å². The van der Waals surface area contributed by atoms with E-state index in [9.17, 15) is 23.3 Å². The Labute approximate surface area is 169 Å². The number of anilines is 2. The number of rotatable bonds is 5. The van der Waals surface area contributed by atoms with Gasteiger partial charge < -0.3 is 4.90 Å². The van der Waals surface area contributed by atoms with E-state index in [0.717, 1.165) is 24.5 Å². The number of hydrogen-bond donors (Lipinski definition) is 1. The number of sulfonamides is 1. The summed E-state index contributed by atoms with van der Waals surface area (Å²) in [5, 5.41) is 10.9. The number of halogens is 1. The number of hydrogen-bond acceptors (Lipinski definition) is 5. The second-order valence-corrected chi connectivity index (χ2v) is 9.34. The van der Waals surface area contributed by atoms with Crippen molar-refractivity contribution in [2.24, 2.45) is 5.92 Å². The number of carbonyl (C=O) groups excluding carboxylic acids is 1. The Morgan fingerprint density at radius 3 is 2.68 bits per heavy atom. The third-order valence-electron chi connectivity index (χ3n) is 4.82. The van der Waals surface area contributed by atoms with Crippen molar-refractivity contribution in [3.8, 4) is 0 Å². The molecule has 2 aromatic carbocycles. The molecule has 0 spiro atoms. The summed E-state index contributed by atoms with van der Waals surface area (Å²) in [5.74, 6) is 0.0775. The van der Waals surface area contributed by atoms with Crippen molar-refractivity contribution in [2.75, 3.05) is 16.2 Å². The van der Waals surface area contributed by atoms with E-state index in [-0.39, 0.29) is 28.1 Å². The monoisotopic (exact) mass is 465 g/mol. The number of benzene rings is 2. The van der Waals surface area contributed by atoms with E-state index in [2.05, 4.69) is 20.7 Å². The average molecular weight is 466 g/mol. The molecule has 4 rings (SSSR count). The molecule has 2 aliphatic rings. The van der Waals surface area contributed by atoms with Crippen molar-refractivity contribution in [2.45, 2.75) is 24.2 Å². The standard InChI is InChI=1S/C18H16BrN3O5S/c19-15-8-12-6-7-21(18(23)11-4-5-11)16(12)10-17(15)28(26,27)20-13-2-1-3-14(9-13)22(24)25/h1-3,8-11,20H,4-7H2. The highest BCUT2D eigenvalue weighted by Crippen LogP contribution is 2.39. The largest absolute Gasteiger partial charge is 0.312 e. The molecule has 1 aliphatic heterocycles. The summed E-state index contributed by atoms with van der Waals surface area (Å²) < 4.78 is 28.6. The van der Waals surface area contributed by atoms with Crippen molar-refractivity contribution < 1.29 is 18.1 Å². The summed E-state index contributed by atoms with van der Waals surface area (Å²) in [6.45, 7) is 0.541. The highest BCUT2D eigenvalue weighted by Gasteiger charge is 2.37. The minimum atomic E-state index is -4.02. The smallest absolute Gasteiger partial charge is 0.271 e. The highest BCUT2D eigenvalue weighted by molar-refractivity contribution is 9.10. The van der Waals surface area contributed by atoms with Crippen LogP contribution in [0.15, 0.2) is 45.8 Å². The minimum Gasteiger partial charge on any atom is -0.312 e. The first-order valence-electron chi connectivity index (χ1n) is 8.67. The first-order valence-corrected chi connectivity index (χ1v) is 10.9. The third-order valence-corrected chi connectivity index (χ3v) is 7.16. The van der Waals surface area contributed by atoms with Crippen LogP contribution >= 0.6 is 15.9 Å². The summed E-state index contributed by atoms with van der Waals surface area (Å²) in [6.07, 6.45) is 2.42. The van der Waals surface area contributed by atoms with E-state index < -0.39 is 14.9 Å². The summed E-state index contributed by atoms with van der Waals surface area (Å²) in [7, 11) is -4.02. The zero-order chi connectivity index (χ0) is 20.1. The molecule has 0 radical (unpaired) electrons. The molecule has 0 bridgehead atoms. The lowest BCUT2D eigenvalue weighted by Crippen LogP contribution is -2.30. The summed E-state index contributed by atoms with van der Waals surface area (Å²) in [5.41, 5.74) is 1.40. The lowest BCUT2D eigenvalue weighted by molar-refractivity contribution is -0.384. The van der Waals surface area contributed by atoms with Crippen LogP contribution in [-0.2, 0) is 21.2 Å². The van der Waals surface area contributed by atoms with Crippen LogP contribution in [0.3, 0.4) is 0 Å². The fraction of sp³-hybridized carbons (Fsp3) is 0.278. The van der Waals surface area contributed by atoms with Crippen LogP contribution in [0.25, 0.3) is 0 Å². The van der Waals surface area contributed by atoms with Gasteiger partial charge in [-0.25, -0.2) is 8.42 Å². The Morgan fingerprint density at radius 2 is 2.00 bits per heavy atom. The van der Waals surface area contributed by atoms with Gasteiger partial charge in [-0.2, -0.15) is 0 Å². The molecule has 1 saturated carbocycles. The van der Waals surface area contributed by atoms with E-state index in [0.29, 0.717) is 23.1 Å². The molecule has 1 fully saturated rings. The van der Waals surface area contributed by atoms with Crippen LogP contribution < -0.4 is 9.62 Å². The summed E-state index contributed by atoms with van der Waals surface area (Å²) >= 11 is 3.30. The van der Waals surface area contributed by atoms with Gasteiger partial charge in [0.15, 0.2) is 0 Å². The van der Waals surface area contributed by atoms with Gasteiger partial charge in [-0.05, 0) is 59.0 Å². The average Bonchev–Trinajstić information content (AvgIpc) is 3.40. The van der Waals surface area contributed by atoms with E-state index >= 15 is 0 Å². The molecule has 28 heavy (non-hydrogen) atoms. The van der Waals surface area contributed by atoms with E-state index in [4.69, 9.17) is 0 Å². The highest BCUT2D eigenvalue weighted by atomic mass is 79.9. The lowest BCUT2D eigenvalue weighted by Gasteiger charge is -2.18. The Kier molecular flexibility index (Phi) is 4.62. The lowest BCUT2D eigenvalue weighted by atomic mass is 10.2. The maximum absolute atomic E-state index is 12.9. The van der Waals surface area contributed by atoms with Gasteiger partial charge in [-0.3, -0.25) is 19.6 Å². The molecule has 1 N–H and O–H groups in total. The van der Waals surface area contributed by atoms with Gasteiger partial charge in [0.2, 0.25) is 5.91 Å². The normalized spacial score (nSPS) is 16.0. The molecule has 1 heterocycles. The van der Waals surface area contributed by atoms with Gasteiger partial charge in [0.05, 0.1) is 10.6 Å². The minimum absolute atomic E-state index is 0.0201. The molecule has 1 aliphatic carbocycles. The fourth-order valence-electron chi connectivity index (χ4n) is 3.27. The van der Waals surface area contributed by atoms with Gasteiger partial charge in [0, 0.05) is 34.8 Å². The quantitative estimate of drug-likeness (QED) is 0.536. The maximum atomic E-state index is 12.9. The van der Waals surface area contributed by atoms with Crippen molar-refractivity contribution in [1.29, 1.82) is 0 Å². The maximum Gasteiger partial charge on any atom is 0.271 e. The predicted octanol–water partition coefficient (Wildman–Crippen LogP) is 3.46. The third kappa shape index (κ3) is 3.49. The molecule has 0 unspecified atom stereocenters. The number of nitrogens with zero attached hydrogens (tertiary/aromatic N) is 2. The number of nitro benzene ring substituents is 1. The van der Waals surface area contributed by atoms with E-state index in [1.165, 1.54) is 24.3 Å². The Hall–Kier alpha value is -2.46. The Balaban J connectivity index is 1.68.